The third kappa shape index (κ3) is 5.81. The molecule has 7 nitrogen and oxygen atoms in total. The van der Waals surface area contributed by atoms with Gasteiger partial charge in [-0.05, 0) is 50.8 Å². The number of anilines is 1. The van der Waals surface area contributed by atoms with Crippen molar-refractivity contribution in [3.8, 4) is 5.75 Å². The molecule has 1 aliphatic heterocycles. The minimum Gasteiger partial charge on any atom is -0.491 e. The van der Waals surface area contributed by atoms with E-state index in [0.29, 0.717) is 30.2 Å². The molecule has 32 heavy (non-hydrogen) atoms. The Hall–Kier alpha value is -2.12. The van der Waals surface area contributed by atoms with E-state index in [-0.39, 0.29) is 35.8 Å². The topological polar surface area (TPSA) is 71.1 Å². The molecule has 1 N–H and O–H groups in total. The van der Waals surface area contributed by atoms with E-state index in [1.807, 2.05) is 0 Å². The Kier molecular flexibility index (Phi) is 8.54. The van der Waals surface area contributed by atoms with Gasteiger partial charge in [-0.15, -0.1) is 0 Å². The fourth-order valence-corrected chi connectivity index (χ4v) is 4.44. The molecule has 178 valence electrons. The summed E-state index contributed by atoms with van der Waals surface area (Å²) in [7, 11) is 3.52. The fourth-order valence-electron chi connectivity index (χ4n) is 4.44. The number of hydrogen-bond donors (Lipinski definition) is 1. The van der Waals surface area contributed by atoms with Crippen LogP contribution >= 0.6 is 0 Å². The van der Waals surface area contributed by atoms with Crippen molar-refractivity contribution in [2.75, 3.05) is 45.7 Å². The molecule has 1 heterocycles. The van der Waals surface area contributed by atoms with Crippen molar-refractivity contribution in [2.45, 2.75) is 58.6 Å². The van der Waals surface area contributed by atoms with Crippen molar-refractivity contribution >= 4 is 17.5 Å². The smallest absolute Gasteiger partial charge is 0.257 e. The number of nitrogens with one attached hydrogen (secondary N) is 1. The Labute approximate surface area is 192 Å². The molecule has 0 spiro atoms. The molecule has 3 atom stereocenters. The number of benzene rings is 1. The lowest BCUT2D eigenvalue weighted by atomic mass is 9.85. The predicted octanol–water partition coefficient (Wildman–Crippen LogP) is 3.64. The average molecular weight is 446 g/mol. The maximum absolute atomic E-state index is 13.3. The van der Waals surface area contributed by atoms with Gasteiger partial charge < -0.3 is 19.7 Å². The Morgan fingerprint density at radius 2 is 2.00 bits per heavy atom. The molecule has 0 unspecified atom stereocenters. The van der Waals surface area contributed by atoms with Gasteiger partial charge in [0.1, 0.15) is 12.4 Å². The average Bonchev–Trinajstić information content (AvgIpc) is 2.72. The molecule has 1 aromatic rings. The Balaban J connectivity index is 1.88. The van der Waals surface area contributed by atoms with E-state index in [1.54, 1.807) is 37.3 Å². The predicted molar refractivity (Wildman–Crippen MR) is 126 cm³/mol. The summed E-state index contributed by atoms with van der Waals surface area (Å²) in [5, 5.41) is 2.99. The van der Waals surface area contributed by atoms with E-state index in [0.717, 1.165) is 38.8 Å². The normalized spacial score (nSPS) is 25.7. The fraction of sp³-hybridized carbons (Fsp3) is 0.680. The van der Waals surface area contributed by atoms with Crippen molar-refractivity contribution in [1.82, 2.24) is 9.80 Å². The summed E-state index contributed by atoms with van der Waals surface area (Å²) in [6.07, 6.45) is 4.00. The zero-order chi connectivity index (χ0) is 23.3. The summed E-state index contributed by atoms with van der Waals surface area (Å²) in [4.78, 5) is 29.8. The van der Waals surface area contributed by atoms with Gasteiger partial charge in [-0.2, -0.15) is 0 Å². The third-order valence-corrected chi connectivity index (χ3v) is 6.83. The van der Waals surface area contributed by atoms with Crippen LogP contribution in [0.25, 0.3) is 0 Å². The summed E-state index contributed by atoms with van der Waals surface area (Å²) < 4.78 is 12.0. The van der Waals surface area contributed by atoms with Crippen LogP contribution in [0.1, 0.15) is 56.8 Å². The number of carbonyl (C=O) groups excluding carboxylic acids is 2. The highest BCUT2D eigenvalue weighted by Crippen LogP contribution is 2.30. The highest BCUT2D eigenvalue weighted by molar-refractivity contribution is 5.99. The molecule has 0 saturated heterocycles. The lowest BCUT2D eigenvalue weighted by molar-refractivity contribution is -0.122. The number of carbonyl (C=O) groups is 2. The van der Waals surface area contributed by atoms with Crippen molar-refractivity contribution < 1.29 is 19.1 Å². The van der Waals surface area contributed by atoms with Crippen LogP contribution < -0.4 is 10.1 Å². The molecular weight excluding hydrogens is 406 g/mol. The van der Waals surface area contributed by atoms with Gasteiger partial charge in [0.2, 0.25) is 5.91 Å². The van der Waals surface area contributed by atoms with E-state index in [4.69, 9.17) is 9.47 Å². The molecule has 1 fully saturated rings. The summed E-state index contributed by atoms with van der Waals surface area (Å²) in [6.45, 7) is 9.35. The van der Waals surface area contributed by atoms with E-state index in [9.17, 15) is 9.59 Å². The second kappa shape index (κ2) is 11.1. The lowest BCUT2D eigenvalue weighted by Gasteiger charge is -2.36. The van der Waals surface area contributed by atoms with Gasteiger partial charge in [0, 0.05) is 51.0 Å². The quantitative estimate of drug-likeness (QED) is 0.749. The van der Waals surface area contributed by atoms with Gasteiger partial charge in [-0.1, -0.05) is 20.3 Å². The second-order valence-electron chi connectivity index (χ2n) is 9.42. The second-order valence-corrected chi connectivity index (χ2v) is 9.42. The van der Waals surface area contributed by atoms with E-state index < -0.39 is 0 Å². The number of hydrogen-bond acceptors (Lipinski definition) is 5. The molecule has 0 radical (unpaired) electrons. The third-order valence-electron chi connectivity index (χ3n) is 6.83. The van der Waals surface area contributed by atoms with Gasteiger partial charge in [-0.3, -0.25) is 14.5 Å². The first-order valence-corrected chi connectivity index (χ1v) is 11.9. The summed E-state index contributed by atoms with van der Waals surface area (Å²) in [5.41, 5.74) is 1.18. The van der Waals surface area contributed by atoms with Crippen molar-refractivity contribution in [1.29, 1.82) is 0 Å². The summed E-state index contributed by atoms with van der Waals surface area (Å²) in [5.74, 6) is 0.823. The minimum absolute atomic E-state index is 0.0483. The molecular formula is C25H39N3O4. The maximum atomic E-state index is 13.3. The zero-order valence-corrected chi connectivity index (χ0v) is 20.2. The first-order chi connectivity index (χ1) is 15.3. The van der Waals surface area contributed by atoms with Crippen LogP contribution in [-0.4, -0.2) is 74.2 Å². The maximum Gasteiger partial charge on any atom is 0.257 e. The van der Waals surface area contributed by atoms with Crippen molar-refractivity contribution in [3.63, 3.8) is 0 Å². The largest absolute Gasteiger partial charge is 0.491 e. The van der Waals surface area contributed by atoms with E-state index in [2.05, 4.69) is 31.0 Å². The van der Waals surface area contributed by atoms with E-state index in [1.165, 1.54) is 0 Å². The first-order valence-electron chi connectivity index (χ1n) is 11.9. The molecule has 2 amide bonds. The summed E-state index contributed by atoms with van der Waals surface area (Å²) >= 11 is 0. The van der Waals surface area contributed by atoms with Crippen LogP contribution in [0.4, 0.5) is 5.69 Å². The molecule has 2 aliphatic rings. The SMILES string of the molecule is CCCN1C[C@@H](C)[C@H](OC)CN(C)C(=O)c2ccc(NC(=O)C3CCC3)cc2OC[C@@H]1C. The van der Waals surface area contributed by atoms with Crippen LogP contribution in [0.3, 0.4) is 0 Å². The molecule has 0 bridgehead atoms. The van der Waals surface area contributed by atoms with Crippen LogP contribution in [0.2, 0.25) is 0 Å². The lowest BCUT2D eigenvalue weighted by Crippen LogP contribution is -2.46. The van der Waals surface area contributed by atoms with Crippen LogP contribution in [0, 0.1) is 11.8 Å². The van der Waals surface area contributed by atoms with Gasteiger partial charge in [0.25, 0.3) is 5.91 Å². The van der Waals surface area contributed by atoms with Crippen LogP contribution in [-0.2, 0) is 9.53 Å². The number of methoxy groups -OCH3 is 1. The standard InChI is InChI=1S/C25H39N3O4/c1-6-12-28-14-17(2)23(31-5)15-27(4)25(30)21-11-10-20(13-22(21)32-16-18(28)3)26-24(29)19-8-7-9-19/h10-11,13,17-19,23H,6-9,12,14-16H2,1-5H3,(H,26,29)/t17-,18+,23-/m1/s1. The molecule has 0 aromatic heterocycles. The minimum atomic E-state index is -0.107. The molecule has 1 aromatic carbocycles. The molecule has 1 aliphatic carbocycles. The molecule has 7 heteroatoms. The Bertz CT molecular complexity index is 795. The van der Waals surface area contributed by atoms with Crippen molar-refractivity contribution in [3.05, 3.63) is 23.8 Å². The van der Waals surface area contributed by atoms with Crippen molar-refractivity contribution in [2.24, 2.45) is 11.8 Å². The highest BCUT2D eigenvalue weighted by atomic mass is 16.5. The number of amides is 2. The molecule has 3 rings (SSSR count). The number of nitrogens with zero attached hydrogens (tertiary/aromatic N) is 2. The zero-order valence-electron chi connectivity index (χ0n) is 20.2. The van der Waals surface area contributed by atoms with Gasteiger partial charge in [0.15, 0.2) is 0 Å². The van der Waals surface area contributed by atoms with Crippen LogP contribution in [0.5, 0.6) is 5.75 Å². The Morgan fingerprint density at radius 1 is 1.25 bits per heavy atom. The number of likely N-dealkylation sites (N-methyl/N-ethyl adjacent to an activating group) is 1. The first kappa shape index (κ1) is 24.5. The Morgan fingerprint density at radius 3 is 2.62 bits per heavy atom. The van der Waals surface area contributed by atoms with Gasteiger partial charge >= 0.3 is 0 Å². The van der Waals surface area contributed by atoms with E-state index >= 15 is 0 Å². The number of ether oxygens (including phenoxy) is 2. The highest BCUT2D eigenvalue weighted by Gasteiger charge is 2.29. The van der Waals surface area contributed by atoms with Gasteiger partial charge in [-0.25, -0.2) is 0 Å². The monoisotopic (exact) mass is 445 g/mol. The molecule has 1 saturated carbocycles. The number of fused-ring (bicyclic) bond motifs is 1. The van der Waals surface area contributed by atoms with Gasteiger partial charge in [0.05, 0.1) is 11.7 Å². The van der Waals surface area contributed by atoms with Crippen LogP contribution in [0.15, 0.2) is 18.2 Å². The number of rotatable bonds is 5. The summed E-state index contributed by atoms with van der Waals surface area (Å²) in [6, 6.07) is 5.52.